The molecule has 4 rings (SSSR count). The minimum atomic E-state index is -0.457. The van der Waals surface area contributed by atoms with E-state index in [2.05, 4.69) is 10.2 Å². The number of esters is 1. The Morgan fingerprint density at radius 3 is 2.89 bits per heavy atom. The van der Waals surface area contributed by atoms with Crippen molar-refractivity contribution < 1.29 is 18.7 Å². The first-order valence-electron chi connectivity index (χ1n) is 9.05. The van der Waals surface area contributed by atoms with Crippen LogP contribution in [-0.4, -0.2) is 40.1 Å². The van der Waals surface area contributed by atoms with E-state index in [1.807, 2.05) is 41.8 Å². The maximum Gasteiger partial charge on any atom is 0.306 e. The highest BCUT2D eigenvalue weighted by atomic mass is 32.1. The van der Waals surface area contributed by atoms with Gasteiger partial charge in [-0.3, -0.25) is 9.59 Å². The number of hydrogen-bond acceptors (Lipinski definition) is 7. The molecule has 0 radical (unpaired) electrons. The summed E-state index contributed by atoms with van der Waals surface area (Å²) in [5.41, 5.74) is 2.01. The van der Waals surface area contributed by atoms with Crippen LogP contribution in [0, 0.1) is 0 Å². The first-order valence-corrected chi connectivity index (χ1v) is 9.93. The van der Waals surface area contributed by atoms with Crippen molar-refractivity contribution in [3.63, 3.8) is 0 Å². The van der Waals surface area contributed by atoms with Gasteiger partial charge in [-0.05, 0) is 35.6 Å². The van der Waals surface area contributed by atoms with Crippen LogP contribution in [0.15, 0.2) is 46.2 Å². The molecule has 1 aliphatic rings. The number of benzene rings is 1. The van der Waals surface area contributed by atoms with Gasteiger partial charge in [-0.2, -0.15) is 0 Å². The molecule has 0 saturated carbocycles. The Labute approximate surface area is 165 Å². The van der Waals surface area contributed by atoms with Crippen LogP contribution in [-0.2, 0) is 33.7 Å². The Kier molecular flexibility index (Phi) is 5.48. The zero-order valence-corrected chi connectivity index (χ0v) is 16.0. The van der Waals surface area contributed by atoms with Gasteiger partial charge in [0.1, 0.15) is 0 Å². The lowest BCUT2D eigenvalue weighted by atomic mass is 10.1. The predicted octanol–water partition coefficient (Wildman–Crippen LogP) is 2.86. The Morgan fingerprint density at radius 2 is 2.04 bits per heavy atom. The monoisotopic (exact) mass is 397 g/mol. The number of aromatic nitrogens is 2. The number of ether oxygens (including phenoxy) is 1. The number of rotatable bonds is 6. The van der Waals surface area contributed by atoms with Crippen molar-refractivity contribution in [3.8, 4) is 11.5 Å². The molecule has 0 fully saturated rings. The molecule has 3 heterocycles. The van der Waals surface area contributed by atoms with Crippen molar-refractivity contribution in [1.29, 1.82) is 0 Å². The molecule has 0 spiro atoms. The van der Waals surface area contributed by atoms with Crippen LogP contribution < -0.4 is 0 Å². The molecule has 1 aliphatic heterocycles. The van der Waals surface area contributed by atoms with Crippen LogP contribution >= 0.6 is 11.3 Å². The molecule has 7 nitrogen and oxygen atoms in total. The third kappa shape index (κ3) is 4.28. The van der Waals surface area contributed by atoms with Crippen molar-refractivity contribution in [3.05, 3.63) is 58.1 Å². The highest BCUT2D eigenvalue weighted by molar-refractivity contribution is 7.10. The molecule has 0 unspecified atom stereocenters. The molecule has 0 bridgehead atoms. The molecule has 28 heavy (non-hydrogen) atoms. The first kappa shape index (κ1) is 18.4. The van der Waals surface area contributed by atoms with Gasteiger partial charge in [0.05, 0.1) is 6.42 Å². The van der Waals surface area contributed by atoms with Gasteiger partial charge in [-0.15, -0.1) is 21.5 Å². The second kappa shape index (κ2) is 8.35. The van der Waals surface area contributed by atoms with E-state index in [1.54, 1.807) is 16.2 Å². The predicted molar refractivity (Wildman–Crippen MR) is 102 cm³/mol. The first-order chi connectivity index (χ1) is 13.7. The minimum Gasteiger partial charge on any atom is -0.456 e. The van der Waals surface area contributed by atoms with Gasteiger partial charge in [-0.1, -0.05) is 18.2 Å². The molecular weight excluding hydrogens is 378 g/mol. The SMILES string of the molecule is O=C(CCc1nnc(-c2ccccc2)o1)OCC(=O)N1CCc2sccc2C1. The van der Waals surface area contributed by atoms with Gasteiger partial charge < -0.3 is 14.1 Å². The maximum atomic E-state index is 12.3. The quantitative estimate of drug-likeness (QED) is 0.595. The average molecular weight is 397 g/mol. The van der Waals surface area contributed by atoms with Gasteiger partial charge in [0.25, 0.3) is 5.91 Å². The summed E-state index contributed by atoms with van der Waals surface area (Å²) < 4.78 is 10.7. The molecule has 144 valence electrons. The lowest BCUT2D eigenvalue weighted by Crippen LogP contribution is -2.38. The zero-order chi connectivity index (χ0) is 19.3. The number of nitrogens with zero attached hydrogens (tertiary/aromatic N) is 3. The van der Waals surface area contributed by atoms with E-state index in [-0.39, 0.29) is 25.4 Å². The largest absolute Gasteiger partial charge is 0.456 e. The fraction of sp³-hybridized carbons (Fsp3) is 0.300. The fourth-order valence-corrected chi connectivity index (χ4v) is 3.92. The number of amides is 1. The number of aryl methyl sites for hydroxylation is 1. The highest BCUT2D eigenvalue weighted by Crippen LogP contribution is 2.24. The van der Waals surface area contributed by atoms with Crippen LogP contribution in [0.2, 0.25) is 0 Å². The lowest BCUT2D eigenvalue weighted by Gasteiger charge is -2.26. The zero-order valence-electron chi connectivity index (χ0n) is 15.2. The number of carbonyl (C=O) groups excluding carboxylic acids is 2. The molecule has 2 aromatic heterocycles. The van der Waals surface area contributed by atoms with Crippen molar-refractivity contribution in [2.75, 3.05) is 13.2 Å². The average Bonchev–Trinajstić information content (AvgIpc) is 3.40. The summed E-state index contributed by atoms with van der Waals surface area (Å²) >= 11 is 1.72. The Bertz CT molecular complexity index is 967. The topological polar surface area (TPSA) is 85.5 Å². The number of hydrogen-bond donors (Lipinski definition) is 0. The van der Waals surface area contributed by atoms with Gasteiger partial charge in [0.2, 0.25) is 11.8 Å². The van der Waals surface area contributed by atoms with Gasteiger partial charge >= 0.3 is 5.97 Å². The summed E-state index contributed by atoms with van der Waals surface area (Å²) in [6, 6.07) is 11.5. The lowest BCUT2D eigenvalue weighted by molar-refractivity contribution is -0.152. The molecule has 0 N–H and O–H groups in total. The van der Waals surface area contributed by atoms with Crippen LogP contribution in [0.4, 0.5) is 0 Å². The fourth-order valence-electron chi connectivity index (χ4n) is 3.03. The molecular formula is C20H19N3O4S. The molecule has 0 saturated heterocycles. The van der Waals surface area contributed by atoms with Crippen molar-refractivity contribution in [2.24, 2.45) is 0 Å². The summed E-state index contributed by atoms with van der Waals surface area (Å²) in [4.78, 5) is 27.3. The summed E-state index contributed by atoms with van der Waals surface area (Å²) in [7, 11) is 0. The minimum absolute atomic E-state index is 0.0817. The highest BCUT2D eigenvalue weighted by Gasteiger charge is 2.22. The third-order valence-corrected chi connectivity index (χ3v) is 5.57. The summed E-state index contributed by atoms with van der Waals surface area (Å²) in [6.07, 6.45) is 1.21. The standard InChI is InChI=1S/C20H19N3O4S/c24-18(23-10-8-16-15(12-23)9-11-28-16)13-26-19(25)7-6-17-21-22-20(27-17)14-4-2-1-3-5-14/h1-5,9,11H,6-8,10,12-13H2. The van der Waals surface area contributed by atoms with E-state index in [0.29, 0.717) is 24.9 Å². The van der Waals surface area contributed by atoms with E-state index in [0.717, 1.165) is 12.0 Å². The van der Waals surface area contributed by atoms with Crippen molar-refractivity contribution >= 4 is 23.2 Å². The van der Waals surface area contributed by atoms with E-state index >= 15 is 0 Å². The summed E-state index contributed by atoms with van der Waals surface area (Å²) in [5.74, 6) is 0.149. The van der Waals surface area contributed by atoms with E-state index in [4.69, 9.17) is 9.15 Å². The van der Waals surface area contributed by atoms with Crippen LogP contribution in [0.25, 0.3) is 11.5 Å². The maximum absolute atomic E-state index is 12.3. The van der Waals surface area contributed by atoms with Crippen molar-refractivity contribution in [1.82, 2.24) is 15.1 Å². The van der Waals surface area contributed by atoms with Crippen LogP contribution in [0.3, 0.4) is 0 Å². The van der Waals surface area contributed by atoms with Gasteiger partial charge in [-0.25, -0.2) is 0 Å². The van der Waals surface area contributed by atoms with E-state index in [1.165, 1.54) is 10.4 Å². The molecule has 0 aliphatic carbocycles. The summed E-state index contributed by atoms with van der Waals surface area (Å²) in [6.45, 7) is 1.00. The molecule has 1 amide bonds. The molecule has 0 atom stereocenters. The molecule has 1 aromatic carbocycles. The Hall–Kier alpha value is -3.00. The van der Waals surface area contributed by atoms with E-state index < -0.39 is 5.97 Å². The van der Waals surface area contributed by atoms with Gasteiger partial charge in [0.15, 0.2) is 6.61 Å². The number of fused-ring (bicyclic) bond motifs is 1. The second-order valence-corrected chi connectivity index (χ2v) is 7.46. The van der Waals surface area contributed by atoms with Crippen LogP contribution in [0.1, 0.15) is 22.8 Å². The van der Waals surface area contributed by atoms with Crippen molar-refractivity contribution in [2.45, 2.75) is 25.8 Å². The number of thiophene rings is 1. The Balaban J connectivity index is 1.22. The second-order valence-electron chi connectivity index (χ2n) is 6.46. The molecule has 3 aromatic rings. The smallest absolute Gasteiger partial charge is 0.306 e. The Morgan fingerprint density at radius 1 is 1.18 bits per heavy atom. The van der Waals surface area contributed by atoms with Gasteiger partial charge in [0, 0.05) is 30.0 Å². The third-order valence-electron chi connectivity index (χ3n) is 4.55. The van der Waals surface area contributed by atoms with E-state index in [9.17, 15) is 9.59 Å². The van der Waals surface area contributed by atoms with Crippen LogP contribution in [0.5, 0.6) is 0 Å². The normalized spacial score (nSPS) is 13.2. The molecule has 8 heteroatoms. The number of carbonyl (C=O) groups is 2. The summed E-state index contributed by atoms with van der Waals surface area (Å²) in [5, 5.41) is 9.98.